The molecule has 1 saturated carbocycles. The zero-order valence-electron chi connectivity index (χ0n) is 9.90. The standard InChI is InChI=1S/C11H20N2O3/c1-13(2)7-10(14)12-6-8-4-3-5-9(8)11(15)16/h8-9H,3-7H2,1-2H3,(H,12,14)(H,15,16). The number of hydrogen-bond donors (Lipinski definition) is 2. The number of amides is 1. The second kappa shape index (κ2) is 5.84. The number of carboxylic acids is 1. The van der Waals surface area contributed by atoms with Gasteiger partial charge in [-0.3, -0.25) is 9.59 Å². The molecule has 0 spiro atoms. The summed E-state index contributed by atoms with van der Waals surface area (Å²) in [5.74, 6) is -0.950. The highest BCUT2D eigenvalue weighted by Crippen LogP contribution is 2.31. The molecule has 1 aliphatic carbocycles. The van der Waals surface area contributed by atoms with Crippen LogP contribution in [0.3, 0.4) is 0 Å². The van der Waals surface area contributed by atoms with Crippen molar-refractivity contribution in [2.45, 2.75) is 19.3 Å². The van der Waals surface area contributed by atoms with E-state index in [2.05, 4.69) is 5.32 Å². The highest BCUT2D eigenvalue weighted by molar-refractivity contribution is 5.78. The molecule has 5 nitrogen and oxygen atoms in total. The van der Waals surface area contributed by atoms with E-state index >= 15 is 0 Å². The molecule has 1 aliphatic rings. The summed E-state index contributed by atoms with van der Waals surface area (Å²) >= 11 is 0. The molecule has 2 atom stereocenters. The van der Waals surface area contributed by atoms with Crippen molar-refractivity contribution < 1.29 is 14.7 Å². The third-order valence-corrected chi connectivity index (χ3v) is 3.00. The van der Waals surface area contributed by atoms with Crippen LogP contribution in [-0.4, -0.2) is 49.1 Å². The minimum absolute atomic E-state index is 0.0407. The van der Waals surface area contributed by atoms with Crippen LogP contribution in [0.25, 0.3) is 0 Å². The van der Waals surface area contributed by atoms with Crippen LogP contribution in [0.5, 0.6) is 0 Å². The average molecular weight is 228 g/mol. The van der Waals surface area contributed by atoms with Crippen LogP contribution in [0.2, 0.25) is 0 Å². The number of nitrogens with one attached hydrogen (secondary N) is 1. The number of hydrogen-bond acceptors (Lipinski definition) is 3. The highest BCUT2D eigenvalue weighted by Gasteiger charge is 2.32. The summed E-state index contributed by atoms with van der Waals surface area (Å²) in [5.41, 5.74) is 0. The minimum atomic E-state index is -0.732. The third kappa shape index (κ3) is 3.81. The Kier molecular flexibility index (Phi) is 4.73. The van der Waals surface area contributed by atoms with Gasteiger partial charge in [-0.1, -0.05) is 6.42 Å². The number of aliphatic carboxylic acids is 1. The Morgan fingerprint density at radius 1 is 1.38 bits per heavy atom. The lowest BCUT2D eigenvalue weighted by atomic mass is 9.96. The Morgan fingerprint density at radius 3 is 2.62 bits per heavy atom. The molecule has 2 unspecified atom stereocenters. The van der Waals surface area contributed by atoms with Crippen LogP contribution in [-0.2, 0) is 9.59 Å². The van der Waals surface area contributed by atoms with Crippen LogP contribution >= 0.6 is 0 Å². The van der Waals surface area contributed by atoms with Gasteiger partial charge < -0.3 is 15.3 Å². The van der Waals surface area contributed by atoms with Crippen molar-refractivity contribution in [3.63, 3.8) is 0 Å². The van der Waals surface area contributed by atoms with E-state index in [1.54, 1.807) is 4.90 Å². The Hall–Kier alpha value is -1.10. The molecule has 1 amide bonds. The summed E-state index contributed by atoms with van der Waals surface area (Å²) in [4.78, 5) is 24.1. The molecule has 0 aromatic heterocycles. The second-order valence-electron chi connectivity index (χ2n) is 4.68. The quantitative estimate of drug-likeness (QED) is 0.703. The Bertz CT molecular complexity index is 266. The van der Waals surface area contributed by atoms with Crippen LogP contribution in [0.15, 0.2) is 0 Å². The predicted molar refractivity (Wildman–Crippen MR) is 60.0 cm³/mol. The van der Waals surface area contributed by atoms with Gasteiger partial charge >= 0.3 is 5.97 Å². The van der Waals surface area contributed by atoms with E-state index in [0.29, 0.717) is 13.1 Å². The number of carbonyl (C=O) groups is 2. The number of carbonyl (C=O) groups excluding carboxylic acids is 1. The average Bonchev–Trinajstić information content (AvgIpc) is 2.61. The molecule has 1 rings (SSSR count). The van der Waals surface area contributed by atoms with Gasteiger partial charge in [-0.25, -0.2) is 0 Å². The molecule has 0 heterocycles. The van der Waals surface area contributed by atoms with Gasteiger partial charge in [0.1, 0.15) is 0 Å². The summed E-state index contributed by atoms with van der Waals surface area (Å²) in [7, 11) is 3.66. The molecular weight excluding hydrogens is 208 g/mol. The van der Waals surface area contributed by atoms with Crippen LogP contribution in [0.4, 0.5) is 0 Å². The molecule has 0 bridgehead atoms. The SMILES string of the molecule is CN(C)CC(=O)NCC1CCCC1C(=O)O. The fourth-order valence-corrected chi connectivity index (χ4v) is 2.19. The number of carboxylic acid groups (broad SMARTS) is 1. The summed E-state index contributed by atoms with van der Waals surface area (Å²) in [6.45, 7) is 0.841. The van der Waals surface area contributed by atoms with Gasteiger partial charge in [0, 0.05) is 6.54 Å². The van der Waals surface area contributed by atoms with E-state index in [-0.39, 0.29) is 17.7 Å². The fourth-order valence-electron chi connectivity index (χ4n) is 2.19. The van der Waals surface area contributed by atoms with Gasteiger partial charge in [0.25, 0.3) is 0 Å². The first-order chi connectivity index (χ1) is 7.50. The van der Waals surface area contributed by atoms with Crippen molar-refractivity contribution in [1.29, 1.82) is 0 Å². The topological polar surface area (TPSA) is 69.6 Å². The Balaban J connectivity index is 2.31. The first-order valence-corrected chi connectivity index (χ1v) is 5.65. The summed E-state index contributed by atoms with van der Waals surface area (Å²) in [5, 5.41) is 11.8. The van der Waals surface area contributed by atoms with E-state index < -0.39 is 5.97 Å². The molecule has 0 radical (unpaired) electrons. The fraction of sp³-hybridized carbons (Fsp3) is 0.818. The molecule has 0 saturated heterocycles. The molecular formula is C11H20N2O3. The normalized spacial score (nSPS) is 24.7. The first kappa shape index (κ1) is 13.0. The van der Waals surface area contributed by atoms with Gasteiger partial charge in [0.2, 0.25) is 5.91 Å². The van der Waals surface area contributed by atoms with E-state index in [1.165, 1.54) is 0 Å². The summed E-state index contributed by atoms with van der Waals surface area (Å²) in [6.07, 6.45) is 2.59. The lowest BCUT2D eigenvalue weighted by Crippen LogP contribution is -2.37. The van der Waals surface area contributed by atoms with E-state index in [4.69, 9.17) is 5.11 Å². The smallest absolute Gasteiger partial charge is 0.306 e. The molecule has 92 valence electrons. The Labute approximate surface area is 95.8 Å². The largest absolute Gasteiger partial charge is 0.481 e. The number of rotatable bonds is 5. The second-order valence-corrected chi connectivity index (χ2v) is 4.68. The van der Waals surface area contributed by atoms with Crippen molar-refractivity contribution in [3.05, 3.63) is 0 Å². The van der Waals surface area contributed by atoms with Gasteiger partial charge in [-0.15, -0.1) is 0 Å². The molecule has 16 heavy (non-hydrogen) atoms. The predicted octanol–water partition coefficient (Wildman–Crippen LogP) is 0.165. The monoisotopic (exact) mass is 228 g/mol. The molecule has 0 aliphatic heterocycles. The highest BCUT2D eigenvalue weighted by atomic mass is 16.4. The zero-order chi connectivity index (χ0) is 12.1. The maximum Gasteiger partial charge on any atom is 0.306 e. The molecule has 1 fully saturated rings. The number of nitrogens with zero attached hydrogens (tertiary/aromatic N) is 1. The lowest BCUT2D eigenvalue weighted by molar-refractivity contribution is -0.143. The molecule has 2 N–H and O–H groups in total. The van der Waals surface area contributed by atoms with E-state index in [0.717, 1.165) is 19.3 Å². The van der Waals surface area contributed by atoms with E-state index in [1.807, 2.05) is 14.1 Å². The van der Waals surface area contributed by atoms with Crippen molar-refractivity contribution in [2.24, 2.45) is 11.8 Å². The maximum absolute atomic E-state index is 11.4. The van der Waals surface area contributed by atoms with Gasteiger partial charge in [0.15, 0.2) is 0 Å². The maximum atomic E-state index is 11.4. The van der Waals surface area contributed by atoms with Crippen molar-refractivity contribution in [1.82, 2.24) is 10.2 Å². The molecule has 0 aromatic carbocycles. The van der Waals surface area contributed by atoms with Crippen molar-refractivity contribution >= 4 is 11.9 Å². The Morgan fingerprint density at radius 2 is 2.06 bits per heavy atom. The zero-order valence-corrected chi connectivity index (χ0v) is 9.90. The van der Waals surface area contributed by atoms with Crippen LogP contribution < -0.4 is 5.32 Å². The minimum Gasteiger partial charge on any atom is -0.481 e. The molecule has 5 heteroatoms. The van der Waals surface area contributed by atoms with Crippen molar-refractivity contribution in [3.8, 4) is 0 Å². The number of likely N-dealkylation sites (N-methyl/N-ethyl adjacent to an activating group) is 1. The third-order valence-electron chi connectivity index (χ3n) is 3.00. The van der Waals surface area contributed by atoms with E-state index in [9.17, 15) is 9.59 Å². The van der Waals surface area contributed by atoms with Gasteiger partial charge in [0.05, 0.1) is 12.5 Å². The van der Waals surface area contributed by atoms with Gasteiger partial charge in [-0.05, 0) is 32.9 Å². The summed E-state index contributed by atoms with van der Waals surface area (Å²) in [6, 6.07) is 0. The molecule has 0 aromatic rings. The van der Waals surface area contributed by atoms with Crippen molar-refractivity contribution in [2.75, 3.05) is 27.2 Å². The van der Waals surface area contributed by atoms with Crippen LogP contribution in [0, 0.1) is 11.8 Å². The van der Waals surface area contributed by atoms with Gasteiger partial charge in [-0.2, -0.15) is 0 Å². The van der Waals surface area contributed by atoms with Crippen LogP contribution in [0.1, 0.15) is 19.3 Å². The lowest BCUT2D eigenvalue weighted by Gasteiger charge is -2.17. The first-order valence-electron chi connectivity index (χ1n) is 5.65. The summed E-state index contributed by atoms with van der Waals surface area (Å²) < 4.78 is 0.